The molecule has 134 valence electrons. The zero-order valence-electron chi connectivity index (χ0n) is 14.6. The molecule has 2 aromatic rings. The number of hydrogen-bond donors (Lipinski definition) is 0. The van der Waals surface area contributed by atoms with Crippen LogP contribution in [0.1, 0.15) is 31.4 Å². The highest BCUT2D eigenvalue weighted by Gasteiger charge is 2.29. The molecule has 0 N–H and O–H groups in total. The van der Waals surface area contributed by atoms with Crippen LogP contribution in [0.2, 0.25) is 0 Å². The minimum Gasteiger partial charge on any atom is -0.468 e. The second-order valence-corrected chi connectivity index (χ2v) is 6.97. The summed E-state index contributed by atoms with van der Waals surface area (Å²) in [5.74, 6) is 1.07. The van der Waals surface area contributed by atoms with E-state index in [-0.39, 0.29) is 6.10 Å². The van der Waals surface area contributed by atoms with Crippen molar-refractivity contribution in [1.29, 1.82) is 0 Å². The van der Waals surface area contributed by atoms with E-state index in [0.717, 1.165) is 51.3 Å². The normalized spacial score (nSPS) is 21.4. The van der Waals surface area contributed by atoms with Crippen molar-refractivity contribution in [2.24, 2.45) is 0 Å². The van der Waals surface area contributed by atoms with Crippen LogP contribution in [0.15, 0.2) is 41.3 Å². The fraction of sp³-hybridized carbons (Fsp3) is 0.579. The van der Waals surface area contributed by atoms with Gasteiger partial charge in [0.25, 0.3) is 0 Å². The van der Waals surface area contributed by atoms with Gasteiger partial charge in [0, 0.05) is 44.6 Å². The number of furan rings is 1. The molecule has 0 aromatic carbocycles. The second-order valence-electron chi connectivity index (χ2n) is 6.97. The van der Waals surface area contributed by atoms with E-state index >= 15 is 0 Å². The van der Waals surface area contributed by atoms with Crippen LogP contribution in [-0.4, -0.2) is 58.1 Å². The third kappa shape index (κ3) is 4.38. The summed E-state index contributed by atoms with van der Waals surface area (Å²) in [6, 6.07) is 7.06. The number of piperidine rings is 2. The molecule has 2 aromatic heterocycles. The molecule has 0 radical (unpaired) electrons. The maximum atomic E-state index is 5.90. The number of likely N-dealkylation sites (tertiary alicyclic amines) is 2. The topological polar surface area (TPSA) is 54.6 Å². The van der Waals surface area contributed by atoms with Crippen LogP contribution in [0.3, 0.4) is 0 Å². The third-order valence-electron chi connectivity index (χ3n) is 5.32. The van der Waals surface area contributed by atoms with Gasteiger partial charge in [-0.1, -0.05) is 0 Å². The van der Waals surface area contributed by atoms with Crippen LogP contribution in [0.5, 0.6) is 6.01 Å². The van der Waals surface area contributed by atoms with Gasteiger partial charge >= 0.3 is 6.01 Å². The Labute approximate surface area is 148 Å². The number of hydrogen-bond acceptors (Lipinski definition) is 6. The highest BCUT2D eigenvalue weighted by molar-refractivity contribution is 4.99. The van der Waals surface area contributed by atoms with Gasteiger partial charge in [-0.25, -0.2) is 9.97 Å². The first-order valence-corrected chi connectivity index (χ1v) is 9.29. The molecule has 6 nitrogen and oxygen atoms in total. The zero-order valence-corrected chi connectivity index (χ0v) is 14.6. The lowest BCUT2D eigenvalue weighted by molar-refractivity contribution is 0.0427. The molecule has 2 aliphatic rings. The minimum absolute atomic E-state index is 0.248. The summed E-state index contributed by atoms with van der Waals surface area (Å²) < 4.78 is 11.4. The zero-order chi connectivity index (χ0) is 16.9. The molecule has 0 unspecified atom stereocenters. The standard InChI is InChI=1S/C19H26N4O2/c1-3-18(24-14-1)15-22-10-4-16(5-11-22)23-12-6-17(7-13-23)25-19-20-8-2-9-21-19/h1-3,8-9,14,16-17H,4-7,10-13,15H2. The molecule has 25 heavy (non-hydrogen) atoms. The van der Waals surface area contributed by atoms with E-state index in [1.54, 1.807) is 18.7 Å². The Balaban J connectivity index is 1.20. The van der Waals surface area contributed by atoms with Crippen molar-refractivity contribution in [2.75, 3.05) is 26.2 Å². The Morgan fingerprint density at radius 1 is 1.00 bits per heavy atom. The Hall–Kier alpha value is -1.92. The van der Waals surface area contributed by atoms with Crippen molar-refractivity contribution in [3.05, 3.63) is 42.6 Å². The summed E-state index contributed by atoms with van der Waals surface area (Å²) in [5, 5.41) is 0. The summed E-state index contributed by atoms with van der Waals surface area (Å²) in [6.45, 7) is 5.46. The molecule has 4 heterocycles. The lowest BCUT2D eigenvalue weighted by atomic mass is 9.99. The van der Waals surface area contributed by atoms with Crippen molar-refractivity contribution in [3.8, 4) is 6.01 Å². The fourth-order valence-electron chi connectivity index (χ4n) is 3.92. The first-order chi connectivity index (χ1) is 12.4. The predicted octanol–water partition coefficient (Wildman–Crippen LogP) is 2.58. The van der Waals surface area contributed by atoms with Crippen molar-refractivity contribution < 1.29 is 9.15 Å². The van der Waals surface area contributed by atoms with Gasteiger partial charge in [0.05, 0.1) is 12.8 Å². The SMILES string of the molecule is c1cnc(OC2CCN(C3CCN(Cc4ccco4)CC3)CC2)nc1. The molecule has 6 heteroatoms. The van der Waals surface area contributed by atoms with Gasteiger partial charge in [-0.2, -0.15) is 0 Å². The third-order valence-corrected chi connectivity index (χ3v) is 5.32. The maximum absolute atomic E-state index is 5.90. The quantitative estimate of drug-likeness (QED) is 0.832. The second kappa shape index (κ2) is 7.97. The van der Waals surface area contributed by atoms with E-state index in [0.29, 0.717) is 12.1 Å². The van der Waals surface area contributed by atoms with E-state index < -0.39 is 0 Å². The highest BCUT2D eigenvalue weighted by atomic mass is 16.5. The van der Waals surface area contributed by atoms with Crippen LogP contribution in [-0.2, 0) is 6.54 Å². The number of rotatable bonds is 5. The number of ether oxygens (including phenoxy) is 1. The number of aromatic nitrogens is 2. The van der Waals surface area contributed by atoms with Gasteiger partial charge in [0.15, 0.2) is 0 Å². The molecule has 0 amide bonds. The fourth-order valence-corrected chi connectivity index (χ4v) is 3.92. The maximum Gasteiger partial charge on any atom is 0.316 e. The molecule has 2 fully saturated rings. The van der Waals surface area contributed by atoms with Gasteiger partial charge in [0.2, 0.25) is 0 Å². The largest absolute Gasteiger partial charge is 0.468 e. The Bertz CT molecular complexity index is 618. The van der Waals surface area contributed by atoms with Crippen molar-refractivity contribution in [2.45, 2.75) is 44.4 Å². The van der Waals surface area contributed by atoms with Gasteiger partial charge in [-0.3, -0.25) is 4.90 Å². The van der Waals surface area contributed by atoms with E-state index in [1.165, 1.54) is 12.8 Å². The molecule has 0 saturated carbocycles. The van der Waals surface area contributed by atoms with Gasteiger partial charge in [0.1, 0.15) is 11.9 Å². The lowest BCUT2D eigenvalue weighted by Crippen LogP contribution is -2.48. The van der Waals surface area contributed by atoms with E-state index in [9.17, 15) is 0 Å². The summed E-state index contributed by atoms with van der Waals surface area (Å²) in [6.07, 6.45) is 10.1. The van der Waals surface area contributed by atoms with Crippen LogP contribution in [0, 0.1) is 0 Å². The highest BCUT2D eigenvalue weighted by Crippen LogP contribution is 2.23. The molecule has 0 aliphatic carbocycles. The number of nitrogens with zero attached hydrogens (tertiary/aromatic N) is 4. The van der Waals surface area contributed by atoms with E-state index in [4.69, 9.17) is 9.15 Å². The summed E-state index contributed by atoms with van der Waals surface area (Å²) >= 11 is 0. The summed E-state index contributed by atoms with van der Waals surface area (Å²) in [7, 11) is 0. The monoisotopic (exact) mass is 342 g/mol. The van der Waals surface area contributed by atoms with Crippen LogP contribution in [0.4, 0.5) is 0 Å². The summed E-state index contributed by atoms with van der Waals surface area (Å²) in [5.41, 5.74) is 0. The lowest BCUT2D eigenvalue weighted by Gasteiger charge is -2.41. The van der Waals surface area contributed by atoms with Crippen molar-refractivity contribution in [1.82, 2.24) is 19.8 Å². The molecule has 0 atom stereocenters. The Kier molecular flexibility index (Phi) is 5.28. The van der Waals surface area contributed by atoms with E-state index in [2.05, 4.69) is 25.8 Å². The average molecular weight is 342 g/mol. The molecule has 4 rings (SSSR count). The Morgan fingerprint density at radius 2 is 1.76 bits per heavy atom. The Morgan fingerprint density at radius 3 is 2.44 bits per heavy atom. The molecule has 2 aliphatic heterocycles. The predicted molar refractivity (Wildman–Crippen MR) is 94.3 cm³/mol. The average Bonchev–Trinajstić information content (AvgIpc) is 3.17. The van der Waals surface area contributed by atoms with Crippen LogP contribution < -0.4 is 4.74 Å². The van der Waals surface area contributed by atoms with Crippen molar-refractivity contribution >= 4 is 0 Å². The molecule has 0 bridgehead atoms. The summed E-state index contributed by atoms with van der Waals surface area (Å²) in [4.78, 5) is 13.5. The molecule has 0 spiro atoms. The van der Waals surface area contributed by atoms with E-state index in [1.807, 2.05) is 12.1 Å². The first-order valence-electron chi connectivity index (χ1n) is 9.29. The molecular weight excluding hydrogens is 316 g/mol. The molecular formula is C19H26N4O2. The van der Waals surface area contributed by atoms with Crippen LogP contribution in [0.25, 0.3) is 0 Å². The van der Waals surface area contributed by atoms with Gasteiger partial charge in [-0.15, -0.1) is 0 Å². The minimum atomic E-state index is 0.248. The van der Waals surface area contributed by atoms with Crippen molar-refractivity contribution in [3.63, 3.8) is 0 Å². The van der Waals surface area contributed by atoms with Gasteiger partial charge in [-0.05, 0) is 43.9 Å². The first kappa shape index (κ1) is 16.5. The molecule has 2 saturated heterocycles. The van der Waals surface area contributed by atoms with Gasteiger partial charge < -0.3 is 14.1 Å². The smallest absolute Gasteiger partial charge is 0.316 e. The van der Waals surface area contributed by atoms with Crippen LogP contribution >= 0.6 is 0 Å².